The highest BCUT2D eigenvalue weighted by Crippen LogP contribution is 2.48. The quantitative estimate of drug-likeness (QED) is 0.493. The fourth-order valence-corrected chi connectivity index (χ4v) is 5.76. The Kier molecular flexibility index (Phi) is 6.91. The second-order valence-corrected chi connectivity index (χ2v) is 11.9. The highest BCUT2D eigenvalue weighted by Gasteiger charge is 2.34. The van der Waals surface area contributed by atoms with Gasteiger partial charge in [-0.05, 0) is 61.7 Å². The Hall–Kier alpha value is -3.44. The number of furan rings is 1. The summed E-state index contributed by atoms with van der Waals surface area (Å²) in [5.74, 6) is -0.680. The smallest absolute Gasteiger partial charge is 0.255 e. The first kappa shape index (κ1) is 26.2. The number of hydrogen-bond acceptors (Lipinski definition) is 6. The lowest BCUT2D eigenvalue weighted by Crippen LogP contribution is -2.50. The molecule has 1 aromatic heterocycles. The van der Waals surface area contributed by atoms with E-state index in [0.29, 0.717) is 40.9 Å². The third-order valence-corrected chi connectivity index (χ3v) is 8.35. The number of carbonyl (C=O) groups excluding carboxylic acids is 2. The number of benzene rings is 2. The lowest BCUT2D eigenvalue weighted by Gasteiger charge is -2.34. The van der Waals surface area contributed by atoms with Crippen LogP contribution in [0.2, 0.25) is 0 Å². The summed E-state index contributed by atoms with van der Waals surface area (Å²) in [6, 6.07) is 9.04. The van der Waals surface area contributed by atoms with Crippen LogP contribution in [0.1, 0.15) is 34.7 Å². The second-order valence-electron chi connectivity index (χ2n) is 10.0. The first-order valence-corrected chi connectivity index (χ1v) is 14.4. The average molecular weight is 543 g/mol. The highest BCUT2D eigenvalue weighted by atomic mass is 32.2. The maximum Gasteiger partial charge on any atom is 0.255 e. The van der Waals surface area contributed by atoms with Gasteiger partial charge in [-0.25, -0.2) is 12.8 Å². The van der Waals surface area contributed by atoms with Crippen LogP contribution in [0.3, 0.4) is 0 Å². The minimum absolute atomic E-state index is 0.110. The molecule has 0 bridgehead atoms. The molecule has 0 spiro atoms. The first-order chi connectivity index (χ1) is 18.1. The van der Waals surface area contributed by atoms with Gasteiger partial charge in [-0.1, -0.05) is 0 Å². The van der Waals surface area contributed by atoms with Crippen molar-refractivity contribution in [2.24, 2.45) is 0 Å². The van der Waals surface area contributed by atoms with Gasteiger partial charge in [0.15, 0.2) is 0 Å². The van der Waals surface area contributed by atoms with Crippen molar-refractivity contribution in [1.82, 2.24) is 15.1 Å². The van der Waals surface area contributed by atoms with Crippen molar-refractivity contribution in [3.8, 4) is 11.3 Å². The molecule has 1 saturated heterocycles. The van der Waals surface area contributed by atoms with Gasteiger partial charge in [0, 0.05) is 50.2 Å². The van der Waals surface area contributed by atoms with Gasteiger partial charge < -0.3 is 19.5 Å². The van der Waals surface area contributed by atoms with E-state index in [4.69, 9.17) is 4.42 Å². The zero-order chi connectivity index (χ0) is 27.2. The number of amides is 2. The maximum absolute atomic E-state index is 13.6. The van der Waals surface area contributed by atoms with Crippen molar-refractivity contribution in [3.05, 3.63) is 53.3 Å². The van der Waals surface area contributed by atoms with E-state index in [2.05, 4.69) is 10.2 Å². The molecule has 9 nitrogen and oxygen atoms in total. The number of carbonyl (C=O) groups is 2. The zero-order valence-corrected chi connectivity index (χ0v) is 22.5. The predicted octanol–water partition coefficient (Wildman–Crippen LogP) is 3.02. The highest BCUT2D eigenvalue weighted by molar-refractivity contribution is 7.92. The Bertz CT molecular complexity index is 1490. The van der Waals surface area contributed by atoms with E-state index >= 15 is 0 Å². The molecule has 1 aliphatic heterocycles. The van der Waals surface area contributed by atoms with Crippen LogP contribution in [0, 0.1) is 5.82 Å². The Balaban J connectivity index is 1.63. The number of sulfonamides is 1. The molecular formula is C27H31FN4O5S. The topological polar surface area (TPSA) is 103 Å². The second kappa shape index (κ2) is 10.0. The number of piperazine rings is 1. The van der Waals surface area contributed by atoms with Crippen LogP contribution in [0.25, 0.3) is 22.3 Å². The number of hydrogen-bond donors (Lipinski definition) is 1. The van der Waals surface area contributed by atoms with Gasteiger partial charge in [0.1, 0.15) is 23.7 Å². The normalized spacial score (nSPS) is 16.6. The third-order valence-electron chi connectivity index (χ3n) is 7.22. The molecule has 0 atom stereocenters. The van der Waals surface area contributed by atoms with Crippen LogP contribution in [-0.2, 0) is 14.8 Å². The lowest BCUT2D eigenvalue weighted by atomic mass is 10.0. The van der Waals surface area contributed by atoms with Crippen LogP contribution in [0.4, 0.5) is 10.1 Å². The maximum atomic E-state index is 13.6. The average Bonchev–Trinajstić information content (AvgIpc) is 3.66. The zero-order valence-electron chi connectivity index (χ0n) is 21.7. The molecule has 38 heavy (non-hydrogen) atoms. The van der Waals surface area contributed by atoms with Crippen molar-refractivity contribution >= 4 is 38.5 Å². The van der Waals surface area contributed by atoms with Crippen molar-refractivity contribution in [2.75, 3.05) is 57.4 Å². The summed E-state index contributed by atoms with van der Waals surface area (Å²) < 4.78 is 46.9. The fourth-order valence-electron chi connectivity index (χ4n) is 4.90. The monoisotopic (exact) mass is 542 g/mol. The van der Waals surface area contributed by atoms with Crippen LogP contribution in [0.15, 0.2) is 40.8 Å². The molecule has 1 aliphatic carbocycles. The van der Waals surface area contributed by atoms with Crippen LogP contribution >= 0.6 is 0 Å². The standard InChI is InChI=1S/C27H31FN4O5S/c1-29-27(34)25-21-14-20(17-4-5-17)22(15-23(21)37-26(25)18-6-8-19(28)9-7-18)32(38(3,35)36)16-24(33)31-12-10-30(2)11-13-31/h6-9,14-15,17H,4-5,10-13,16H2,1-3H3,(H,29,34). The minimum Gasteiger partial charge on any atom is -0.455 e. The Morgan fingerprint density at radius 3 is 2.34 bits per heavy atom. The summed E-state index contributed by atoms with van der Waals surface area (Å²) in [6.45, 7) is 2.21. The first-order valence-electron chi connectivity index (χ1n) is 12.6. The molecule has 2 aromatic carbocycles. The van der Waals surface area contributed by atoms with Crippen molar-refractivity contribution in [3.63, 3.8) is 0 Å². The van der Waals surface area contributed by atoms with E-state index < -0.39 is 15.8 Å². The summed E-state index contributed by atoms with van der Waals surface area (Å²) in [4.78, 5) is 30.0. The van der Waals surface area contributed by atoms with Gasteiger partial charge in [-0.2, -0.15) is 0 Å². The van der Waals surface area contributed by atoms with Crippen molar-refractivity contribution in [1.29, 1.82) is 0 Å². The molecule has 11 heteroatoms. The summed E-state index contributed by atoms with van der Waals surface area (Å²) in [5, 5.41) is 3.17. The molecule has 1 N–H and O–H groups in total. The number of rotatable bonds is 7. The van der Waals surface area contributed by atoms with Crippen LogP contribution < -0.4 is 9.62 Å². The molecule has 0 radical (unpaired) electrons. The van der Waals surface area contributed by atoms with E-state index in [0.717, 1.165) is 42.1 Å². The van der Waals surface area contributed by atoms with E-state index in [1.165, 1.54) is 31.3 Å². The Morgan fingerprint density at radius 1 is 1.11 bits per heavy atom. The number of likely N-dealkylation sites (N-methyl/N-ethyl adjacent to an activating group) is 1. The lowest BCUT2D eigenvalue weighted by molar-refractivity contribution is -0.131. The number of nitrogens with zero attached hydrogens (tertiary/aromatic N) is 3. The van der Waals surface area contributed by atoms with Gasteiger partial charge in [-0.15, -0.1) is 0 Å². The van der Waals surface area contributed by atoms with Crippen LogP contribution in [0.5, 0.6) is 0 Å². The predicted molar refractivity (Wildman–Crippen MR) is 143 cm³/mol. The molecule has 2 aliphatic rings. The fraction of sp³-hybridized carbons (Fsp3) is 0.407. The van der Waals surface area contributed by atoms with E-state index in [1.54, 1.807) is 11.0 Å². The number of anilines is 1. The number of halogens is 1. The molecule has 3 aromatic rings. The molecule has 2 fully saturated rings. The van der Waals surface area contributed by atoms with Gasteiger partial charge in [0.25, 0.3) is 5.91 Å². The molecule has 0 unspecified atom stereocenters. The molecule has 1 saturated carbocycles. The number of fused-ring (bicyclic) bond motifs is 1. The summed E-state index contributed by atoms with van der Waals surface area (Å²) >= 11 is 0. The van der Waals surface area contributed by atoms with E-state index in [1.807, 2.05) is 13.1 Å². The molecular weight excluding hydrogens is 511 g/mol. The van der Waals surface area contributed by atoms with Crippen molar-refractivity contribution < 1.29 is 26.8 Å². The van der Waals surface area contributed by atoms with Gasteiger partial charge in [0.2, 0.25) is 15.9 Å². The van der Waals surface area contributed by atoms with Crippen molar-refractivity contribution in [2.45, 2.75) is 18.8 Å². The molecule has 202 valence electrons. The summed E-state index contributed by atoms with van der Waals surface area (Å²) in [7, 11) is -0.328. The molecule has 2 heterocycles. The third kappa shape index (κ3) is 5.12. The molecule has 2 amide bonds. The van der Waals surface area contributed by atoms with E-state index in [-0.39, 0.29) is 30.0 Å². The van der Waals surface area contributed by atoms with Gasteiger partial charge in [0.05, 0.1) is 17.5 Å². The molecule has 5 rings (SSSR count). The minimum atomic E-state index is -3.83. The van der Waals surface area contributed by atoms with E-state index in [9.17, 15) is 22.4 Å². The largest absolute Gasteiger partial charge is 0.455 e. The SMILES string of the molecule is CNC(=O)c1c(-c2ccc(F)cc2)oc2cc(N(CC(=O)N3CCN(C)CC3)S(C)(=O)=O)c(C3CC3)cc12. The van der Waals surface area contributed by atoms with Gasteiger partial charge >= 0.3 is 0 Å². The summed E-state index contributed by atoms with van der Waals surface area (Å²) in [6.07, 6.45) is 2.84. The number of nitrogens with one attached hydrogen (secondary N) is 1. The van der Waals surface area contributed by atoms with Crippen LogP contribution in [-0.4, -0.2) is 83.1 Å². The summed E-state index contributed by atoms with van der Waals surface area (Å²) in [5.41, 5.74) is 2.25. The Labute approximate surface area is 221 Å². The Morgan fingerprint density at radius 2 is 1.76 bits per heavy atom. The van der Waals surface area contributed by atoms with Gasteiger partial charge in [-0.3, -0.25) is 13.9 Å².